The van der Waals surface area contributed by atoms with E-state index in [1.807, 2.05) is 61.5 Å². The SMILES string of the molecule is CCc1nn(-c2ccccc2)c(NC(=O)Cn2nc3ccccc3n2)c1C. The zero-order valence-corrected chi connectivity index (χ0v) is 15.3. The summed E-state index contributed by atoms with van der Waals surface area (Å²) < 4.78 is 1.78. The van der Waals surface area contributed by atoms with Gasteiger partial charge in [0.25, 0.3) is 0 Å². The van der Waals surface area contributed by atoms with Gasteiger partial charge in [-0.05, 0) is 37.6 Å². The molecule has 1 N–H and O–H groups in total. The highest BCUT2D eigenvalue weighted by Crippen LogP contribution is 2.23. The number of carbonyl (C=O) groups is 1. The van der Waals surface area contributed by atoms with Crippen LogP contribution in [0.4, 0.5) is 5.82 Å². The zero-order valence-electron chi connectivity index (χ0n) is 15.3. The quantitative estimate of drug-likeness (QED) is 0.593. The van der Waals surface area contributed by atoms with Crippen molar-refractivity contribution in [2.24, 2.45) is 0 Å². The molecule has 2 heterocycles. The molecule has 0 aliphatic rings. The van der Waals surface area contributed by atoms with E-state index in [0.29, 0.717) is 5.82 Å². The van der Waals surface area contributed by atoms with Crippen LogP contribution in [0.25, 0.3) is 16.7 Å². The number of fused-ring (bicyclic) bond motifs is 1. The molecule has 1 amide bonds. The second kappa shape index (κ2) is 7.03. The Morgan fingerprint density at radius 2 is 1.59 bits per heavy atom. The van der Waals surface area contributed by atoms with E-state index in [1.165, 1.54) is 4.80 Å². The van der Waals surface area contributed by atoms with E-state index >= 15 is 0 Å². The van der Waals surface area contributed by atoms with E-state index in [-0.39, 0.29) is 12.5 Å². The lowest BCUT2D eigenvalue weighted by molar-refractivity contribution is -0.117. The molecule has 0 aliphatic heterocycles. The summed E-state index contributed by atoms with van der Waals surface area (Å²) in [6.07, 6.45) is 0.792. The van der Waals surface area contributed by atoms with Crippen molar-refractivity contribution in [3.8, 4) is 5.69 Å². The van der Waals surface area contributed by atoms with Crippen LogP contribution in [0.1, 0.15) is 18.2 Å². The highest BCUT2D eigenvalue weighted by molar-refractivity contribution is 5.91. The molecule has 0 aliphatic carbocycles. The summed E-state index contributed by atoms with van der Waals surface area (Å²) in [6.45, 7) is 4.06. The zero-order chi connectivity index (χ0) is 18.8. The first-order chi connectivity index (χ1) is 13.2. The Balaban J connectivity index is 1.61. The fourth-order valence-electron chi connectivity index (χ4n) is 3.05. The molecule has 4 aromatic rings. The lowest BCUT2D eigenvalue weighted by Gasteiger charge is -2.10. The van der Waals surface area contributed by atoms with Gasteiger partial charge in [0.2, 0.25) is 5.91 Å². The van der Waals surface area contributed by atoms with Gasteiger partial charge in [-0.25, -0.2) is 4.68 Å². The number of aromatic nitrogens is 5. The molecule has 0 radical (unpaired) electrons. The molecule has 4 rings (SSSR count). The van der Waals surface area contributed by atoms with E-state index in [2.05, 4.69) is 27.5 Å². The number of hydrogen-bond acceptors (Lipinski definition) is 4. The molecular weight excluding hydrogens is 340 g/mol. The maximum atomic E-state index is 12.6. The molecular formula is C20H20N6O. The molecule has 7 nitrogen and oxygen atoms in total. The van der Waals surface area contributed by atoms with Crippen molar-refractivity contribution in [3.63, 3.8) is 0 Å². The van der Waals surface area contributed by atoms with Gasteiger partial charge in [-0.1, -0.05) is 37.3 Å². The molecule has 136 valence electrons. The number of nitrogens with zero attached hydrogens (tertiary/aromatic N) is 5. The Labute approximate surface area is 156 Å². The van der Waals surface area contributed by atoms with Crippen molar-refractivity contribution in [1.82, 2.24) is 24.8 Å². The Bertz CT molecular complexity index is 1060. The van der Waals surface area contributed by atoms with Crippen LogP contribution in [-0.4, -0.2) is 30.7 Å². The van der Waals surface area contributed by atoms with Gasteiger partial charge in [-0.2, -0.15) is 20.1 Å². The maximum absolute atomic E-state index is 12.6. The highest BCUT2D eigenvalue weighted by Gasteiger charge is 2.17. The van der Waals surface area contributed by atoms with Crippen LogP contribution in [-0.2, 0) is 17.8 Å². The molecule has 0 unspecified atom stereocenters. The fourth-order valence-corrected chi connectivity index (χ4v) is 3.05. The first-order valence-electron chi connectivity index (χ1n) is 8.89. The van der Waals surface area contributed by atoms with Gasteiger partial charge in [0.05, 0.1) is 11.4 Å². The minimum atomic E-state index is -0.196. The predicted octanol–water partition coefficient (Wildman–Crippen LogP) is 3.13. The normalized spacial score (nSPS) is 11.0. The van der Waals surface area contributed by atoms with Crippen LogP contribution in [0, 0.1) is 6.92 Å². The highest BCUT2D eigenvalue weighted by atomic mass is 16.2. The van der Waals surface area contributed by atoms with Gasteiger partial charge in [0.1, 0.15) is 23.4 Å². The summed E-state index contributed by atoms with van der Waals surface area (Å²) in [5.41, 5.74) is 4.36. The van der Waals surface area contributed by atoms with E-state index in [4.69, 9.17) is 0 Å². The summed E-state index contributed by atoms with van der Waals surface area (Å²) in [7, 11) is 0. The molecule has 2 aromatic carbocycles. The van der Waals surface area contributed by atoms with Crippen molar-refractivity contribution in [3.05, 3.63) is 65.9 Å². The first kappa shape index (κ1) is 17.0. The molecule has 0 saturated heterocycles. The first-order valence-corrected chi connectivity index (χ1v) is 8.89. The van der Waals surface area contributed by atoms with Crippen molar-refractivity contribution in [1.29, 1.82) is 0 Å². The topological polar surface area (TPSA) is 77.6 Å². The lowest BCUT2D eigenvalue weighted by atomic mass is 10.2. The van der Waals surface area contributed by atoms with Crippen molar-refractivity contribution in [2.75, 3.05) is 5.32 Å². The average Bonchev–Trinajstić information content (AvgIpc) is 3.23. The molecule has 0 spiro atoms. The Morgan fingerprint density at radius 3 is 2.22 bits per heavy atom. The smallest absolute Gasteiger partial charge is 0.249 e. The van der Waals surface area contributed by atoms with Gasteiger partial charge < -0.3 is 5.32 Å². The van der Waals surface area contributed by atoms with Crippen LogP contribution >= 0.6 is 0 Å². The largest absolute Gasteiger partial charge is 0.309 e. The monoisotopic (exact) mass is 360 g/mol. The number of rotatable bonds is 5. The minimum absolute atomic E-state index is 0.0373. The third-order valence-corrected chi connectivity index (χ3v) is 4.43. The number of benzene rings is 2. The van der Waals surface area contributed by atoms with Crippen LogP contribution in [0.5, 0.6) is 0 Å². The number of nitrogens with one attached hydrogen (secondary N) is 1. The van der Waals surface area contributed by atoms with Crippen molar-refractivity contribution < 1.29 is 4.79 Å². The molecule has 0 saturated carbocycles. The third kappa shape index (κ3) is 3.31. The van der Waals surface area contributed by atoms with Crippen LogP contribution < -0.4 is 5.32 Å². The number of aryl methyl sites for hydroxylation is 1. The molecule has 0 bridgehead atoms. The molecule has 0 fully saturated rings. The Hall–Kier alpha value is -3.48. The summed E-state index contributed by atoms with van der Waals surface area (Å²) >= 11 is 0. The van der Waals surface area contributed by atoms with Crippen molar-refractivity contribution >= 4 is 22.8 Å². The van der Waals surface area contributed by atoms with Gasteiger partial charge in [0, 0.05) is 5.56 Å². The molecule has 0 atom stereocenters. The maximum Gasteiger partial charge on any atom is 0.249 e. The van der Waals surface area contributed by atoms with Gasteiger partial charge in [0.15, 0.2) is 0 Å². The predicted molar refractivity (Wildman–Crippen MR) is 104 cm³/mol. The van der Waals surface area contributed by atoms with Crippen molar-refractivity contribution in [2.45, 2.75) is 26.8 Å². The summed E-state index contributed by atoms with van der Waals surface area (Å²) in [5, 5.41) is 16.3. The number of hydrogen-bond donors (Lipinski definition) is 1. The lowest BCUT2D eigenvalue weighted by Crippen LogP contribution is -2.22. The average molecular weight is 360 g/mol. The number of para-hydroxylation sites is 1. The minimum Gasteiger partial charge on any atom is -0.309 e. The molecule has 2 aromatic heterocycles. The van der Waals surface area contributed by atoms with Crippen LogP contribution in [0.15, 0.2) is 54.6 Å². The fraction of sp³-hybridized carbons (Fsp3) is 0.200. The van der Waals surface area contributed by atoms with Crippen LogP contribution in [0.3, 0.4) is 0 Å². The molecule has 7 heteroatoms. The summed E-state index contributed by atoms with van der Waals surface area (Å²) in [4.78, 5) is 14.1. The van der Waals surface area contributed by atoms with Gasteiger partial charge >= 0.3 is 0 Å². The Kier molecular flexibility index (Phi) is 4.42. The van der Waals surface area contributed by atoms with E-state index in [9.17, 15) is 4.79 Å². The summed E-state index contributed by atoms with van der Waals surface area (Å²) in [5.74, 6) is 0.484. The summed E-state index contributed by atoms with van der Waals surface area (Å²) in [6, 6.07) is 17.3. The Morgan fingerprint density at radius 1 is 0.963 bits per heavy atom. The van der Waals surface area contributed by atoms with Gasteiger partial charge in [-0.15, -0.1) is 0 Å². The van der Waals surface area contributed by atoms with E-state index < -0.39 is 0 Å². The van der Waals surface area contributed by atoms with Gasteiger partial charge in [-0.3, -0.25) is 4.79 Å². The van der Waals surface area contributed by atoms with Crippen LogP contribution in [0.2, 0.25) is 0 Å². The van der Waals surface area contributed by atoms with E-state index in [1.54, 1.807) is 4.68 Å². The standard InChI is InChI=1S/C20H20N6O/c1-3-16-14(2)20(26(24-16)15-9-5-4-6-10-15)21-19(27)13-25-22-17-11-7-8-12-18(17)23-25/h4-12H,3,13H2,1-2H3,(H,21,27). The third-order valence-electron chi connectivity index (χ3n) is 4.43. The van der Waals surface area contributed by atoms with E-state index in [0.717, 1.165) is 34.4 Å². The second-order valence-electron chi connectivity index (χ2n) is 6.29. The number of carbonyl (C=O) groups excluding carboxylic acids is 1. The second-order valence-corrected chi connectivity index (χ2v) is 6.29. The number of anilines is 1. The molecule has 27 heavy (non-hydrogen) atoms. The number of amides is 1.